The first-order valence-corrected chi connectivity index (χ1v) is 15.6. The summed E-state index contributed by atoms with van der Waals surface area (Å²) >= 11 is 0. The summed E-state index contributed by atoms with van der Waals surface area (Å²) < 4.78 is 5.65. The predicted molar refractivity (Wildman–Crippen MR) is 178 cm³/mol. The lowest BCUT2D eigenvalue weighted by molar-refractivity contribution is -0.145. The molecule has 1 N–H and O–H groups in total. The fraction of sp³-hybridized carbons (Fsp3) is 0.389. The molecule has 10 heteroatoms. The number of carbonyl (C=O) groups is 3. The molecule has 1 aliphatic rings. The van der Waals surface area contributed by atoms with Gasteiger partial charge in [-0.3, -0.25) is 19.9 Å². The van der Waals surface area contributed by atoms with Crippen LogP contribution in [0.15, 0.2) is 72.8 Å². The van der Waals surface area contributed by atoms with Gasteiger partial charge in [0, 0.05) is 44.8 Å². The van der Waals surface area contributed by atoms with Crippen LogP contribution in [0, 0.1) is 11.3 Å². The Balaban J connectivity index is 1.54. The van der Waals surface area contributed by atoms with Crippen LogP contribution in [0.1, 0.15) is 51.3 Å². The first kappa shape index (κ1) is 34.2. The van der Waals surface area contributed by atoms with Gasteiger partial charge in [0.2, 0.25) is 5.91 Å². The third-order valence-corrected chi connectivity index (χ3v) is 7.78. The Hall–Kier alpha value is -4.72. The lowest BCUT2D eigenvalue weighted by Gasteiger charge is -2.33. The van der Waals surface area contributed by atoms with Crippen molar-refractivity contribution in [3.63, 3.8) is 0 Å². The molecule has 0 radical (unpaired) electrons. The summed E-state index contributed by atoms with van der Waals surface area (Å²) in [6, 6.07) is 25.0. The topological polar surface area (TPSA) is 109 Å². The highest BCUT2D eigenvalue weighted by atomic mass is 16.6. The number of ether oxygens (including phenoxy) is 1. The smallest absolute Gasteiger partial charge is 0.410 e. The van der Waals surface area contributed by atoms with Crippen LogP contribution in [0.5, 0.6) is 0 Å². The quantitative estimate of drug-likeness (QED) is 0.313. The molecule has 0 spiro atoms. The zero-order valence-electron chi connectivity index (χ0n) is 27.6. The van der Waals surface area contributed by atoms with Crippen molar-refractivity contribution in [3.8, 4) is 17.2 Å². The molecule has 0 aromatic heterocycles. The molecular weight excluding hydrogens is 580 g/mol. The van der Waals surface area contributed by atoms with Gasteiger partial charge in [0.15, 0.2) is 0 Å². The van der Waals surface area contributed by atoms with Crippen LogP contribution >= 0.6 is 0 Å². The van der Waals surface area contributed by atoms with Gasteiger partial charge in [0.1, 0.15) is 5.60 Å². The summed E-state index contributed by atoms with van der Waals surface area (Å²) in [5.41, 5.74) is 4.30. The summed E-state index contributed by atoms with van der Waals surface area (Å²) in [6.45, 7) is 10.7. The van der Waals surface area contributed by atoms with Crippen molar-refractivity contribution >= 4 is 23.6 Å². The van der Waals surface area contributed by atoms with Gasteiger partial charge in [-0.15, -0.1) is 0 Å². The molecule has 0 saturated heterocycles. The number of likely N-dealkylation sites (N-methyl/N-ethyl adjacent to an activating group) is 1. The van der Waals surface area contributed by atoms with Gasteiger partial charge in [0.25, 0.3) is 5.91 Å². The van der Waals surface area contributed by atoms with E-state index in [1.165, 1.54) is 11.1 Å². The van der Waals surface area contributed by atoms with Crippen molar-refractivity contribution < 1.29 is 19.1 Å². The molecule has 0 unspecified atom stereocenters. The Bertz CT molecular complexity index is 1550. The average molecular weight is 625 g/mol. The highest BCUT2D eigenvalue weighted by Gasteiger charge is 2.28. The monoisotopic (exact) mass is 624 g/mol. The van der Waals surface area contributed by atoms with Crippen LogP contribution in [-0.2, 0) is 27.4 Å². The maximum absolute atomic E-state index is 14.0. The first-order valence-electron chi connectivity index (χ1n) is 15.6. The minimum atomic E-state index is -0.678. The largest absolute Gasteiger partial charge is 0.444 e. The maximum Gasteiger partial charge on any atom is 0.410 e. The standard InChI is InChI=1S/C36H44N6O4/c1-26(2)41(35(45)46-36(3,4)5)18-19-42(32-20-27(21-37)16-17-31(32)28-12-8-7-9-13-28)34(44)23-38-22-33(43)39(6)40-24-29-14-10-11-15-30(29)25-40/h7-17,20,26,38H,18-19,22-25H2,1-6H3. The van der Waals surface area contributed by atoms with E-state index < -0.39 is 11.7 Å². The van der Waals surface area contributed by atoms with Gasteiger partial charge in [-0.05, 0) is 63.4 Å². The summed E-state index contributed by atoms with van der Waals surface area (Å²) in [7, 11) is 1.74. The van der Waals surface area contributed by atoms with Crippen molar-refractivity contribution in [2.75, 3.05) is 38.1 Å². The number of fused-ring (bicyclic) bond motifs is 1. The minimum Gasteiger partial charge on any atom is -0.444 e. The zero-order valence-corrected chi connectivity index (χ0v) is 27.6. The van der Waals surface area contributed by atoms with Crippen molar-refractivity contribution in [2.24, 2.45) is 0 Å². The first-order chi connectivity index (χ1) is 21.9. The number of rotatable bonds is 11. The molecule has 46 heavy (non-hydrogen) atoms. The molecule has 3 aromatic carbocycles. The van der Waals surface area contributed by atoms with E-state index in [1.807, 2.05) is 88.2 Å². The number of hydrazine groups is 1. The lowest BCUT2D eigenvalue weighted by Crippen LogP contribution is -2.49. The predicted octanol–water partition coefficient (Wildman–Crippen LogP) is 5.18. The number of nitrogens with one attached hydrogen (secondary N) is 1. The number of anilines is 1. The zero-order chi connectivity index (χ0) is 33.4. The van der Waals surface area contributed by atoms with Gasteiger partial charge in [-0.2, -0.15) is 5.26 Å². The second kappa shape index (κ2) is 15.0. The molecular formula is C36H44N6O4. The SMILES string of the molecule is CC(C)N(CCN(C(=O)CNCC(=O)N(C)N1Cc2ccccc2C1)c1cc(C#N)ccc1-c1ccccc1)C(=O)OC(C)(C)C. The summed E-state index contributed by atoms with van der Waals surface area (Å²) in [5.74, 6) is -0.469. The molecule has 1 aliphatic heterocycles. The molecule has 10 nitrogen and oxygen atoms in total. The van der Waals surface area contributed by atoms with Crippen LogP contribution in [0.4, 0.5) is 10.5 Å². The third kappa shape index (κ3) is 8.71. The molecule has 0 bridgehead atoms. The average Bonchev–Trinajstić information content (AvgIpc) is 3.46. The fourth-order valence-corrected chi connectivity index (χ4v) is 5.33. The number of hydrogen-bond acceptors (Lipinski definition) is 7. The van der Waals surface area contributed by atoms with E-state index in [2.05, 4.69) is 23.5 Å². The Morgan fingerprint density at radius 2 is 1.52 bits per heavy atom. The van der Waals surface area contributed by atoms with Gasteiger partial charge >= 0.3 is 6.09 Å². The highest BCUT2D eigenvalue weighted by Crippen LogP contribution is 2.32. The third-order valence-electron chi connectivity index (χ3n) is 7.78. The molecule has 4 rings (SSSR count). The van der Waals surface area contributed by atoms with Crippen molar-refractivity contribution in [2.45, 2.75) is 59.4 Å². The number of amides is 3. The second-order valence-electron chi connectivity index (χ2n) is 12.6. The van der Waals surface area contributed by atoms with E-state index in [0.717, 1.165) is 11.1 Å². The number of nitrogens with zero attached hydrogens (tertiary/aromatic N) is 5. The van der Waals surface area contributed by atoms with Gasteiger partial charge in [-0.1, -0.05) is 60.7 Å². The van der Waals surface area contributed by atoms with Crippen LogP contribution in [0.3, 0.4) is 0 Å². The number of nitriles is 1. The van der Waals surface area contributed by atoms with Gasteiger partial charge in [-0.25, -0.2) is 9.80 Å². The van der Waals surface area contributed by atoms with Gasteiger partial charge in [0.05, 0.1) is 30.4 Å². The number of hydrogen-bond donors (Lipinski definition) is 1. The molecule has 0 atom stereocenters. The minimum absolute atomic E-state index is 0.0390. The highest BCUT2D eigenvalue weighted by molar-refractivity contribution is 5.99. The Kier molecular flexibility index (Phi) is 11.2. The van der Waals surface area contributed by atoms with E-state index in [9.17, 15) is 19.6 Å². The molecule has 0 saturated carbocycles. The molecule has 3 amide bonds. The normalized spacial score (nSPS) is 12.7. The maximum atomic E-state index is 14.0. The summed E-state index contributed by atoms with van der Waals surface area (Å²) in [6.07, 6.45) is -0.472. The van der Waals surface area contributed by atoms with E-state index >= 15 is 0 Å². The fourth-order valence-electron chi connectivity index (χ4n) is 5.33. The van der Waals surface area contributed by atoms with Crippen LogP contribution in [-0.4, -0.2) is 77.7 Å². The van der Waals surface area contributed by atoms with Crippen molar-refractivity contribution in [1.29, 1.82) is 5.26 Å². The molecule has 0 fully saturated rings. The number of carbonyl (C=O) groups excluding carboxylic acids is 3. The second-order valence-corrected chi connectivity index (χ2v) is 12.6. The number of benzene rings is 3. The van der Waals surface area contributed by atoms with Crippen LogP contribution in [0.2, 0.25) is 0 Å². The Morgan fingerprint density at radius 1 is 0.913 bits per heavy atom. The van der Waals surface area contributed by atoms with E-state index in [1.54, 1.807) is 34.0 Å². The van der Waals surface area contributed by atoms with Crippen LogP contribution < -0.4 is 10.2 Å². The molecule has 1 heterocycles. The van der Waals surface area contributed by atoms with Crippen molar-refractivity contribution in [1.82, 2.24) is 20.2 Å². The van der Waals surface area contributed by atoms with E-state index in [4.69, 9.17) is 4.74 Å². The summed E-state index contributed by atoms with van der Waals surface area (Å²) in [4.78, 5) is 43.4. The summed E-state index contributed by atoms with van der Waals surface area (Å²) in [5, 5.41) is 16.3. The Labute approximate surface area is 272 Å². The van der Waals surface area contributed by atoms with E-state index in [0.29, 0.717) is 24.3 Å². The van der Waals surface area contributed by atoms with Crippen LogP contribution in [0.25, 0.3) is 11.1 Å². The van der Waals surface area contributed by atoms with Gasteiger partial charge < -0.3 is 14.5 Å². The van der Waals surface area contributed by atoms with E-state index in [-0.39, 0.29) is 44.0 Å². The molecule has 242 valence electrons. The molecule has 3 aromatic rings. The lowest BCUT2D eigenvalue weighted by atomic mass is 10.0. The Morgan fingerprint density at radius 3 is 2.11 bits per heavy atom. The molecule has 0 aliphatic carbocycles. The van der Waals surface area contributed by atoms with Crippen molar-refractivity contribution in [3.05, 3.63) is 89.5 Å².